The Hall–Kier alpha value is -2.71. The van der Waals surface area contributed by atoms with Gasteiger partial charge in [0.2, 0.25) is 5.69 Å². The van der Waals surface area contributed by atoms with Gasteiger partial charge in [0.25, 0.3) is 5.91 Å². The van der Waals surface area contributed by atoms with Crippen LogP contribution in [0.2, 0.25) is 0 Å². The monoisotopic (exact) mass is 292 g/mol. The SMILES string of the molecule is CCn1nccc1C(C)NC(=O)c1nn(C)cc1[N+](=O)[O-]. The van der Waals surface area contributed by atoms with Gasteiger partial charge in [-0.25, -0.2) is 0 Å². The maximum absolute atomic E-state index is 12.2. The smallest absolute Gasteiger partial charge is 0.320 e. The van der Waals surface area contributed by atoms with E-state index in [1.54, 1.807) is 23.9 Å². The van der Waals surface area contributed by atoms with E-state index in [1.807, 2.05) is 6.92 Å². The van der Waals surface area contributed by atoms with Gasteiger partial charge in [0.05, 0.1) is 16.7 Å². The minimum absolute atomic E-state index is 0.197. The number of aryl methyl sites for hydroxylation is 2. The highest BCUT2D eigenvalue weighted by atomic mass is 16.6. The summed E-state index contributed by atoms with van der Waals surface area (Å²) in [5, 5.41) is 21.6. The van der Waals surface area contributed by atoms with E-state index in [9.17, 15) is 14.9 Å². The Bertz CT molecular complexity index is 674. The molecule has 0 aliphatic rings. The van der Waals surface area contributed by atoms with Gasteiger partial charge < -0.3 is 5.32 Å². The number of carbonyl (C=O) groups excluding carboxylic acids is 1. The molecule has 1 amide bonds. The first-order valence-electron chi connectivity index (χ1n) is 6.44. The van der Waals surface area contributed by atoms with Gasteiger partial charge in [-0.3, -0.25) is 24.3 Å². The molecule has 2 aromatic rings. The van der Waals surface area contributed by atoms with E-state index >= 15 is 0 Å². The second kappa shape index (κ2) is 5.73. The van der Waals surface area contributed by atoms with E-state index in [0.717, 1.165) is 5.69 Å². The molecule has 0 radical (unpaired) electrons. The third-order valence-corrected chi connectivity index (χ3v) is 3.06. The third kappa shape index (κ3) is 2.91. The molecule has 0 saturated heterocycles. The van der Waals surface area contributed by atoms with Crippen LogP contribution >= 0.6 is 0 Å². The van der Waals surface area contributed by atoms with E-state index in [2.05, 4.69) is 15.5 Å². The molecule has 0 aromatic carbocycles. The van der Waals surface area contributed by atoms with Gasteiger partial charge >= 0.3 is 5.69 Å². The highest BCUT2D eigenvalue weighted by Crippen LogP contribution is 2.18. The van der Waals surface area contributed by atoms with Gasteiger partial charge in [-0.15, -0.1) is 0 Å². The summed E-state index contributed by atoms with van der Waals surface area (Å²) in [6.45, 7) is 4.40. The first-order valence-corrected chi connectivity index (χ1v) is 6.44. The summed E-state index contributed by atoms with van der Waals surface area (Å²) in [7, 11) is 1.53. The van der Waals surface area contributed by atoms with Crippen molar-refractivity contribution in [3.8, 4) is 0 Å². The summed E-state index contributed by atoms with van der Waals surface area (Å²) in [6, 6.07) is 1.46. The molecular weight excluding hydrogens is 276 g/mol. The van der Waals surface area contributed by atoms with E-state index < -0.39 is 10.8 Å². The normalized spacial score (nSPS) is 12.1. The van der Waals surface area contributed by atoms with E-state index in [4.69, 9.17) is 0 Å². The second-order valence-electron chi connectivity index (χ2n) is 4.56. The molecule has 9 nitrogen and oxygen atoms in total. The van der Waals surface area contributed by atoms with Crippen molar-refractivity contribution in [2.45, 2.75) is 26.4 Å². The predicted octanol–water partition coefficient (Wildman–Crippen LogP) is 1.04. The molecule has 0 fully saturated rings. The molecule has 2 aromatic heterocycles. The lowest BCUT2D eigenvalue weighted by atomic mass is 10.2. The Balaban J connectivity index is 2.20. The molecule has 21 heavy (non-hydrogen) atoms. The average Bonchev–Trinajstić information content (AvgIpc) is 3.04. The molecule has 0 aliphatic carbocycles. The standard InChI is InChI=1S/C12H16N6O3/c1-4-17-9(5-6-13-17)8(2)14-12(19)11-10(18(20)21)7-16(3)15-11/h5-8H,4H2,1-3H3,(H,14,19). The Kier molecular flexibility index (Phi) is 4.01. The Morgan fingerprint density at radius 2 is 2.29 bits per heavy atom. The van der Waals surface area contributed by atoms with Crippen LogP contribution < -0.4 is 5.32 Å². The zero-order valence-corrected chi connectivity index (χ0v) is 12.0. The fourth-order valence-corrected chi connectivity index (χ4v) is 2.09. The average molecular weight is 292 g/mol. The first kappa shape index (κ1) is 14.7. The lowest BCUT2D eigenvalue weighted by molar-refractivity contribution is -0.385. The summed E-state index contributed by atoms with van der Waals surface area (Å²) in [6.07, 6.45) is 2.85. The number of aromatic nitrogens is 4. The quantitative estimate of drug-likeness (QED) is 0.654. The fraction of sp³-hybridized carbons (Fsp3) is 0.417. The van der Waals surface area contributed by atoms with Crippen LogP contribution in [0.1, 0.15) is 36.1 Å². The minimum atomic E-state index is -0.622. The molecule has 1 N–H and O–H groups in total. The Morgan fingerprint density at radius 1 is 1.57 bits per heavy atom. The maximum Gasteiger partial charge on any atom is 0.320 e. The van der Waals surface area contributed by atoms with Crippen LogP contribution in [0.3, 0.4) is 0 Å². The van der Waals surface area contributed by atoms with E-state index in [1.165, 1.54) is 17.9 Å². The minimum Gasteiger partial charge on any atom is -0.342 e. The topological polar surface area (TPSA) is 108 Å². The largest absolute Gasteiger partial charge is 0.342 e. The highest BCUT2D eigenvalue weighted by Gasteiger charge is 2.26. The summed E-state index contributed by atoms with van der Waals surface area (Å²) >= 11 is 0. The van der Waals surface area contributed by atoms with Gasteiger partial charge in [0.15, 0.2) is 0 Å². The zero-order valence-electron chi connectivity index (χ0n) is 12.0. The van der Waals surface area contributed by atoms with Gasteiger partial charge in [0.1, 0.15) is 6.20 Å². The lowest BCUT2D eigenvalue weighted by Gasteiger charge is -2.14. The number of hydrogen-bond acceptors (Lipinski definition) is 5. The highest BCUT2D eigenvalue weighted by molar-refractivity contribution is 5.96. The maximum atomic E-state index is 12.2. The third-order valence-electron chi connectivity index (χ3n) is 3.06. The molecule has 2 rings (SSSR count). The zero-order chi connectivity index (χ0) is 15.6. The summed E-state index contributed by atoms with van der Waals surface area (Å²) in [5.74, 6) is -0.585. The molecule has 0 bridgehead atoms. The van der Waals surface area contributed by atoms with Crippen LogP contribution in [0.25, 0.3) is 0 Å². The van der Waals surface area contributed by atoms with E-state index in [-0.39, 0.29) is 17.4 Å². The van der Waals surface area contributed by atoms with Crippen molar-refractivity contribution in [3.63, 3.8) is 0 Å². The van der Waals surface area contributed by atoms with Crippen LogP contribution in [0.5, 0.6) is 0 Å². The van der Waals surface area contributed by atoms with Crippen molar-refractivity contribution < 1.29 is 9.72 Å². The summed E-state index contributed by atoms with van der Waals surface area (Å²) in [4.78, 5) is 22.5. The Labute approximate surface area is 120 Å². The van der Waals surface area contributed by atoms with Crippen LogP contribution in [0.4, 0.5) is 5.69 Å². The lowest BCUT2D eigenvalue weighted by Crippen LogP contribution is -2.29. The number of carbonyl (C=O) groups is 1. The molecule has 0 aliphatic heterocycles. The van der Waals surface area contributed by atoms with Crippen molar-refractivity contribution in [3.05, 3.63) is 40.0 Å². The number of nitrogens with one attached hydrogen (secondary N) is 1. The van der Waals surface area contributed by atoms with Crippen molar-refractivity contribution in [1.29, 1.82) is 0 Å². The number of rotatable bonds is 5. The fourth-order valence-electron chi connectivity index (χ4n) is 2.09. The molecule has 0 spiro atoms. The molecular formula is C12H16N6O3. The van der Waals surface area contributed by atoms with Gasteiger partial charge in [-0.1, -0.05) is 0 Å². The molecule has 0 saturated carbocycles. The van der Waals surface area contributed by atoms with Crippen molar-refractivity contribution in [2.24, 2.45) is 7.05 Å². The second-order valence-corrected chi connectivity index (χ2v) is 4.56. The first-order chi connectivity index (χ1) is 9.93. The van der Waals surface area contributed by atoms with Crippen molar-refractivity contribution >= 4 is 11.6 Å². The molecule has 1 atom stereocenters. The van der Waals surface area contributed by atoms with Crippen LogP contribution in [0.15, 0.2) is 18.5 Å². The van der Waals surface area contributed by atoms with Crippen LogP contribution in [0, 0.1) is 10.1 Å². The van der Waals surface area contributed by atoms with Gasteiger partial charge in [-0.2, -0.15) is 10.2 Å². The number of hydrogen-bond donors (Lipinski definition) is 1. The summed E-state index contributed by atoms with van der Waals surface area (Å²) in [5.41, 5.74) is 0.313. The van der Waals surface area contributed by atoms with Crippen LogP contribution in [-0.4, -0.2) is 30.4 Å². The molecule has 112 valence electrons. The molecule has 2 heterocycles. The summed E-state index contributed by atoms with van der Waals surface area (Å²) < 4.78 is 2.99. The van der Waals surface area contributed by atoms with Gasteiger partial charge in [0, 0.05) is 19.8 Å². The number of amides is 1. The molecule has 1 unspecified atom stereocenters. The number of nitrogens with zero attached hydrogens (tertiary/aromatic N) is 5. The van der Waals surface area contributed by atoms with Crippen molar-refractivity contribution in [1.82, 2.24) is 24.9 Å². The predicted molar refractivity (Wildman–Crippen MR) is 73.6 cm³/mol. The van der Waals surface area contributed by atoms with Crippen LogP contribution in [-0.2, 0) is 13.6 Å². The number of nitro groups is 1. The van der Waals surface area contributed by atoms with E-state index in [0.29, 0.717) is 6.54 Å². The molecule has 9 heteroatoms. The van der Waals surface area contributed by atoms with Gasteiger partial charge in [-0.05, 0) is 19.9 Å². The Morgan fingerprint density at radius 3 is 2.90 bits per heavy atom. The van der Waals surface area contributed by atoms with Crippen molar-refractivity contribution in [2.75, 3.05) is 0 Å².